The van der Waals surface area contributed by atoms with E-state index in [1.807, 2.05) is 18.8 Å². The Kier molecular flexibility index (Phi) is 6.39. The molecule has 6 heteroatoms. The molecular formula is C22H32N6. The number of H-pyrrole nitrogens is 1. The number of para-hydroxylation sites is 1. The lowest BCUT2D eigenvalue weighted by Gasteiger charge is -2.13. The van der Waals surface area contributed by atoms with Crippen LogP contribution < -0.4 is 10.6 Å². The molecule has 2 heterocycles. The van der Waals surface area contributed by atoms with Crippen LogP contribution in [0.5, 0.6) is 0 Å². The van der Waals surface area contributed by atoms with Crippen LogP contribution in [0.15, 0.2) is 29.3 Å². The molecular weight excluding hydrogens is 348 g/mol. The predicted octanol–water partition coefficient (Wildman–Crippen LogP) is 3.24. The van der Waals surface area contributed by atoms with E-state index >= 15 is 0 Å². The third-order valence-electron chi connectivity index (χ3n) is 5.38. The molecule has 1 aromatic carbocycles. The van der Waals surface area contributed by atoms with Gasteiger partial charge in [0.2, 0.25) is 0 Å². The van der Waals surface area contributed by atoms with Gasteiger partial charge in [0, 0.05) is 55.0 Å². The number of aromatic nitrogens is 3. The van der Waals surface area contributed by atoms with E-state index in [1.165, 1.54) is 33.4 Å². The minimum atomic E-state index is 0.742. The zero-order chi connectivity index (χ0) is 20.1. The van der Waals surface area contributed by atoms with Gasteiger partial charge in [0.15, 0.2) is 5.96 Å². The van der Waals surface area contributed by atoms with Gasteiger partial charge in [0.1, 0.15) is 0 Å². The number of nitrogens with one attached hydrogen (secondary N) is 3. The Labute approximate surface area is 167 Å². The number of fused-ring (bicyclic) bond motifs is 1. The monoisotopic (exact) mass is 380 g/mol. The number of hydrogen-bond acceptors (Lipinski definition) is 2. The quantitative estimate of drug-likeness (QED) is 0.435. The molecule has 28 heavy (non-hydrogen) atoms. The summed E-state index contributed by atoms with van der Waals surface area (Å²) < 4.78 is 2.01. The second-order valence-electron chi connectivity index (χ2n) is 7.08. The van der Waals surface area contributed by atoms with Crippen LogP contribution in [-0.4, -0.2) is 34.3 Å². The molecule has 0 aliphatic rings. The summed E-state index contributed by atoms with van der Waals surface area (Å²) in [6.45, 7) is 8.05. The molecule has 0 atom stereocenters. The maximum Gasteiger partial charge on any atom is 0.191 e. The van der Waals surface area contributed by atoms with Gasteiger partial charge in [0.25, 0.3) is 0 Å². The van der Waals surface area contributed by atoms with Crippen LogP contribution in [0.3, 0.4) is 0 Å². The van der Waals surface area contributed by atoms with Crippen molar-refractivity contribution in [2.75, 3.05) is 13.6 Å². The predicted molar refractivity (Wildman–Crippen MR) is 117 cm³/mol. The van der Waals surface area contributed by atoms with Crippen molar-refractivity contribution >= 4 is 16.9 Å². The summed E-state index contributed by atoms with van der Waals surface area (Å²) in [6.07, 6.45) is 2.87. The number of aliphatic imine (C=N–C) groups is 1. The van der Waals surface area contributed by atoms with Gasteiger partial charge < -0.3 is 15.6 Å². The van der Waals surface area contributed by atoms with E-state index in [0.29, 0.717) is 0 Å². The molecule has 6 nitrogen and oxygen atoms in total. The van der Waals surface area contributed by atoms with E-state index in [2.05, 4.69) is 70.7 Å². The van der Waals surface area contributed by atoms with Crippen molar-refractivity contribution in [3.63, 3.8) is 0 Å². The Morgan fingerprint density at radius 1 is 1.14 bits per heavy atom. The first-order valence-electron chi connectivity index (χ1n) is 10.1. The maximum atomic E-state index is 4.65. The number of aryl methyl sites for hydroxylation is 3. The largest absolute Gasteiger partial charge is 0.358 e. The molecule has 0 aliphatic carbocycles. The topological polar surface area (TPSA) is 70.0 Å². The first-order valence-corrected chi connectivity index (χ1v) is 10.1. The zero-order valence-electron chi connectivity index (χ0n) is 17.7. The summed E-state index contributed by atoms with van der Waals surface area (Å²) in [6, 6.07) is 8.48. The average Bonchev–Trinajstić information content (AvgIpc) is 3.19. The van der Waals surface area contributed by atoms with E-state index in [1.54, 1.807) is 0 Å². The molecule has 0 amide bonds. The van der Waals surface area contributed by atoms with Crippen LogP contribution in [0.1, 0.15) is 42.1 Å². The molecule has 2 aromatic heterocycles. The Morgan fingerprint density at radius 2 is 1.93 bits per heavy atom. The molecule has 0 aliphatic heterocycles. The van der Waals surface area contributed by atoms with E-state index in [4.69, 9.17) is 0 Å². The van der Waals surface area contributed by atoms with Gasteiger partial charge in [-0.1, -0.05) is 32.0 Å². The molecule has 0 fully saturated rings. The SMILES string of the molecule is CCc1nn(C)c(CC)c1CNC(=NC)NCCc1c(C)[nH]c2ccccc12. The summed E-state index contributed by atoms with van der Waals surface area (Å²) >= 11 is 0. The van der Waals surface area contributed by atoms with Gasteiger partial charge in [-0.2, -0.15) is 5.10 Å². The lowest BCUT2D eigenvalue weighted by Crippen LogP contribution is -2.38. The van der Waals surface area contributed by atoms with Crippen LogP contribution in [0, 0.1) is 6.92 Å². The van der Waals surface area contributed by atoms with Crippen molar-refractivity contribution in [2.45, 2.75) is 46.6 Å². The lowest BCUT2D eigenvalue weighted by molar-refractivity contribution is 0.702. The first kappa shape index (κ1) is 20.0. The fraction of sp³-hybridized carbons (Fsp3) is 0.455. The standard InChI is InChI=1S/C22H32N6/c1-6-19-18(21(7-2)28(5)27-19)14-25-22(23-4)24-13-12-16-15(3)26-20-11-9-8-10-17(16)20/h8-11,26H,6-7,12-14H2,1-5H3,(H2,23,24,25). The number of benzene rings is 1. The molecule has 150 valence electrons. The fourth-order valence-corrected chi connectivity index (χ4v) is 3.95. The maximum absolute atomic E-state index is 4.65. The number of nitrogens with zero attached hydrogens (tertiary/aromatic N) is 3. The number of guanidine groups is 1. The van der Waals surface area contributed by atoms with Gasteiger partial charge in [-0.25, -0.2) is 0 Å². The smallest absolute Gasteiger partial charge is 0.191 e. The van der Waals surface area contributed by atoms with E-state index < -0.39 is 0 Å². The molecule has 0 radical (unpaired) electrons. The van der Waals surface area contributed by atoms with Crippen molar-refractivity contribution in [1.29, 1.82) is 0 Å². The Hall–Kier alpha value is -2.76. The van der Waals surface area contributed by atoms with Crippen molar-refractivity contribution in [3.05, 3.63) is 52.5 Å². The molecule has 0 saturated heterocycles. The van der Waals surface area contributed by atoms with E-state index in [0.717, 1.165) is 44.0 Å². The van der Waals surface area contributed by atoms with Crippen molar-refractivity contribution in [2.24, 2.45) is 12.0 Å². The van der Waals surface area contributed by atoms with Gasteiger partial charge in [-0.05, 0) is 37.8 Å². The molecule has 0 saturated carbocycles. The summed E-state index contributed by atoms with van der Waals surface area (Å²) in [4.78, 5) is 7.85. The lowest BCUT2D eigenvalue weighted by atomic mass is 10.1. The summed E-state index contributed by atoms with van der Waals surface area (Å²) in [5.74, 6) is 0.824. The van der Waals surface area contributed by atoms with E-state index in [9.17, 15) is 0 Å². The van der Waals surface area contributed by atoms with Crippen molar-refractivity contribution in [3.8, 4) is 0 Å². The van der Waals surface area contributed by atoms with Crippen LogP contribution >= 0.6 is 0 Å². The van der Waals surface area contributed by atoms with Crippen LogP contribution in [0.4, 0.5) is 0 Å². The van der Waals surface area contributed by atoms with Gasteiger partial charge in [-0.3, -0.25) is 9.67 Å². The highest BCUT2D eigenvalue weighted by Gasteiger charge is 2.14. The van der Waals surface area contributed by atoms with Crippen LogP contribution in [0.25, 0.3) is 10.9 Å². The summed E-state index contributed by atoms with van der Waals surface area (Å²) in [7, 11) is 3.84. The van der Waals surface area contributed by atoms with Crippen molar-refractivity contribution in [1.82, 2.24) is 25.4 Å². The number of rotatable bonds is 7. The highest BCUT2D eigenvalue weighted by molar-refractivity contribution is 5.84. The summed E-state index contributed by atoms with van der Waals surface area (Å²) in [5.41, 5.74) is 7.55. The molecule has 3 aromatic rings. The van der Waals surface area contributed by atoms with Gasteiger partial charge >= 0.3 is 0 Å². The van der Waals surface area contributed by atoms with Gasteiger partial charge in [-0.15, -0.1) is 0 Å². The normalized spacial score (nSPS) is 12.0. The summed E-state index contributed by atoms with van der Waals surface area (Å²) in [5, 5.41) is 12.9. The second kappa shape index (κ2) is 8.95. The molecule has 0 unspecified atom stereocenters. The second-order valence-corrected chi connectivity index (χ2v) is 7.08. The first-order chi connectivity index (χ1) is 13.6. The highest BCUT2D eigenvalue weighted by Crippen LogP contribution is 2.22. The Morgan fingerprint density at radius 3 is 2.64 bits per heavy atom. The fourth-order valence-electron chi connectivity index (χ4n) is 3.95. The van der Waals surface area contributed by atoms with Crippen molar-refractivity contribution < 1.29 is 0 Å². The van der Waals surface area contributed by atoms with Crippen LogP contribution in [0.2, 0.25) is 0 Å². The molecule has 0 spiro atoms. The molecule has 0 bridgehead atoms. The Balaban J connectivity index is 1.61. The van der Waals surface area contributed by atoms with E-state index in [-0.39, 0.29) is 0 Å². The van der Waals surface area contributed by atoms with Crippen LogP contribution in [-0.2, 0) is 32.9 Å². The third kappa shape index (κ3) is 4.06. The minimum Gasteiger partial charge on any atom is -0.358 e. The number of hydrogen-bond donors (Lipinski definition) is 3. The third-order valence-corrected chi connectivity index (χ3v) is 5.38. The molecule has 3 N–H and O–H groups in total. The average molecular weight is 381 g/mol. The Bertz CT molecular complexity index is 963. The zero-order valence-corrected chi connectivity index (χ0v) is 17.7. The minimum absolute atomic E-state index is 0.742. The molecule has 3 rings (SSSR count). The van der Waals surface area contributed by atoms with Gasteiger partial charge in [0.05, 0.1) is 5.69 Å². The number of aromatic amines is 1. The highest BCUT2D eigenvalue weighted by atomic mass is 15.3.